The van der Waals surface area contributed by atoms with Crippen molar-refractivity contribution in [3.63, 3.8) is 0 Å². The number of amides is 1. The van der Waals surface area contributed by atoms with E-state index in [1.165, 1.54) is 7.11 Å². The van der Waals surface area contributed by atoms with Crippen molar-refractivity contribution in [2.75, 3.05) is 20.8 Å². The lowest BCUT2D eigenvalue weighted by Gasteiger charge is -2.16. The third-order valence-corrected chi connectivity index (χ3v) is 3.88. The third-order valence-electron chi connectivity index (χ3n) is 3.02. The van der Waals surface area contributed by atoms with Crippen molar-refractivity contribution < 1.29 is 19.1 Å². The molecular weight excluding hydrogens is 302 g/mol. The topological polar surface area (TPSA) is 55.8 Å². The summed E-state index contributed by atoms with van der Waals surface area (Å²) in [4.78, 5) is 26.2. The summed E-state index contributed by atoms with van der Waals surface area (Å²) in [6.45, 7) is 0.481. The Labute approximate surface area is 133 Å². The van der Waals surface area contributed by atoms with Gasteiger partial charge in [-0.05, 0) is 29.6 Å². The Hall–Kier alpha value is -2.34. The molecular formula is C16H17NO4S. The molecule has 0 spiro atoms. The Morgan fingerprint density at radius 3 is 2.73 bits per heavy atom. The van der Waals surface area contributed by atoms with Crippen molar-refractivity contribution >= 4 is 23.2 Å². The molecule has 2 rings (SSSR count). The van der Waals surface area contributed by atoms with E-state index in [0.717, 1.165) is 4.88 Å². The van der Waals surface area contributed by atoms with Gasteiger partial charge in [-0.1, -0.05) is 12.1 Å². The van der Waals surface area contributed by atoms with E-state index in [2.05, 4.69) is 4.74 Å². The van der Waals surface area contributed by atoms with Crippen molar-refractivity contribution in [2.24, 2.45) is 0 Å². The highest BCUT2D eigenvalue weighted by molar-refractivity contribution is 7.09. The van der Waals surface area contributed by atoms with E-state index >= 15 is 0 Å². The Morgan fingerprint density at radius 2 is 2.05 bits per heavy atom. The number of thiophene rings is 1. The van der Waals surface area contributed by atoms with Crippen LogP contribution >= 0.6 is 11.3 Å². The maximum absolute atomic E-state index is 12.0. The number of carbonyl (C=O) groups excluding carboxylic acids is 2. The number of hydrogen-bond acceptors (Lipinski definition) is 5. The van der Waals surface area contributed by atoms with Gasteiger partial charge in [0.2, 0.25) is 0 Å². The first kappa shape index (κ1) is 16.0. The largest absolute Gasteiger partial charge is 0.484 e. The Kier molecular flexibility index (Phi) is 5.55. The van der Waals surface area contributed by atoms with Gasteiger partial charge < -0.3 is 14.4 Å². The minimum atomic E-state index is -0.438. The van der Waals surface area contributed by atoms with Gasteiger partial charge in [0.1, 0.15) is 5.75 Å². The van der Waals surface area contributed by atoms with Crippen molar-refractivity contribution in [2.45, 2.75) is 6.54 Å². The molecule has 22 heavy (non-hydrogen) atoms. The molecule has 0 saturated carbocycles. The van der Waals surface area contributed by atoms with Gasteiger partial charge >= 0.3 is 5.97 Å². The van der Waals surface area contributed by atoms with Gasteiger partial charge in [0, 0.05) is 11.9 Å². The van der Waals surface area contributed by atoms with Crippen LogP contribution in [-0.4, -0.2) is 37.5 Å². The second kappa shape index (κ2) is 7.61. The first-order valence-corrected chi connectivity index (χ1v) is 7.55. The second-order valence-electron chi connectivity index (χ2n) is 4.64. The molecule has 0 aliphatic carbocycles. The van der Waals surface area contributed by atoms with E-state index in [4.69, 9.17) is 4.74 Å². The molecule has 1 heterocycles. The molecule has 0 aliphatic rings. The molecule has 0 saturated heterocycles. The maximum atomic E-state index is 12.0. The van der Waals surface area contributed by atoms with Gasteiger partial charge in [-0.2, -0.15) is 0 Å². The summed E-state index contributed by atoms with van der Waals surface area (Å²) >= 11 is 1.60. The number of esters is 1. The normalized spacial score (nSPS) is 10.1. The SMILES string of the molecule is COC(=O)c1cccc(OCC(=O)N(C)Cc2cccs2)c1. The number of carbonyl (C=O) groups is 2. The number of nitrogens with zero attached hydrogens (tertiary/aromatic N) is 1. The second-order valence-corrected chi connectivity index (χ2v) is 5.67. The first-order valence-electron chi connectivity index (χ1n) is 6.67. The molecule has 2 aromatic rings. The zero-order chi connectivity index (χ0) is 15.9. The lowest BCUT2D eigenvalue weighted by Crippen LogP contribution is -2.30. The number of rotatable bonds is 6. The number of benzene rings is 1. The van der Waals surface area contributed by atoms with E-state index < -0.39 is 5.97 Å². The molecule has 0 unspecified atom stereocenters. The average Bonchev–Trinajstić information content (AvgIpc) is 3.05. The predicted molar refractivity (Wildman–Crippen MR) is 84.1 cm³/mol. The van der Waals surface area contributed by atoms with Crippen LogP contribution in [0, 0.1) is 0 Å². The molecule has 6 heteroatoms. The Bertz CT molecular complexity index is 639. The average molecular weight is 319 g/mol. The molecule has 0 N–H and O–H groups in total. The molecule has 0 atom stereocenters. The van der Waals surface area contributed by atoms with Gasteiger partial charge in [-0.25, -0.2) is 4.79 Å². The van der Waals surface area contributed by atoms with Gasteiger partial charge in [-0.3, -0.25) is 4.79 Å². The summed E-state index contributed by atoms with van der Waals surface area (Å²) in [5.41, 5.74) is 0.388. The van der Waals surface area contributed by atoms with E-state index in [9.17, 15) is 9.59 Å². The van der Waals surface area contributed by atoms with Crippen LogP contribution in [0.1, 0.15) is 15.2 Å². The molecule has 116 valence electrons. The highest BCUT2D eigenvalue weighted by atomic mass is 32.1. The fourth-order valence-electron chi connectivity index (χ4n) is 1.81. The zero-order valence-electron chi connectivity index (χ0n) is 12.4. The molecule has 0 fully saturated rings. The zero-order valence-corrected chi connectivity index (χ0v) is 13.3. The Morgan fingerprint density at radius 1 is 1.23 bits per heavy atom. The number of methoxy groups -OCH3 is 1. The van der Waals surface area contributed by atoms with Crippen LogP contribution in [0.4, 0.5) is 0 Å². The van der Waals surface area contributed by atoms with E-state index in [1.54, 1.807) is 47.5 Å². The van der Waals surface area contributed by atoms with Crippen LogP contribution in [-0.2, 0) is 16.1 Å². The number of likely N-dealkylation sites (N-methyl/N-ethyl adjacent to an activating group) is 1. The van der Waals surface area contributed by atoms with Crippen LogP contribution < -0.4 is 4.74 Å². The van der Waals surface area contributed by atoms with Crippen molar-refractivity contribution in [3.05, 3.63) is 52.2 Å². The smallest absolute Gasteiger partial charge is 0.337 e. The standard InChI is InChI=1S/C16H17NO4S/c1-17(10-14-7-4-8-22-14)15(18)11-21-13-6-3-5-12(9-13)16(19)20-2/h3-9H,10-11H2,1-2H3. The van der Waals surface area contributed by atoms with Crippen molar-refractivity contribution in [1.82, 2.24) is 4.90 Å². The first-order chi connectivity index (χ1) is 10.6. The molecule has 0 bridgehead atoms. The molecule has 1 amide bonds. The summed E-state index contributed by atoms with van der Waals surface area (Å²) in [6.07, 6.45) is 0. The van der Waals surface area contributed by atoms with E-state index in [-0.39, 0.29) is 12.5 Å². The van der Waals surface area contributed by atoms with Crippen LogP contribution in [0.25, 0.3) is 0 Å². The molecule has 0 radical (unpaired) electrons. The van der Waals surface area contributed by atoms with Crippen molar-refractivity contribution in [3.8, 4) is 5.75 Å². The molecule has 1 aromatic carbocycles. The minimum Gasteiger partial charge on any atom is -0.484 e. The van der Waals surface area contributed by atoms with E-state index in [0.29, 0.717) is 17.9 Å². The molecule has 1 aromatic heterocycles. The number of hydrogen-bond donors (Lipinski definition) is 0. The minimum absolute atomic E-state index is 0.0769. The Balaban J connectivity index is 1.89. The number of ether oxygens (including phenoxy) is 2. The fourth-order valence-corrected chi connectivity index (χ4v) is 2.57. The van der Waals surface area contributed by atoms with Crippen LogP contribution in [0.5, 0.6) is 5.75 Å². The van der Waals surface area contributed by atoms with Crippen LogP contribution in [0.15, 0.2) is 41.8 Å². The van der Waals surface area contributed by atoms with Gasteiger partial charge in [0.05, 0.1) is 19.2 Å². The monoisotopic (exact) mass is 319 g/mol. The van der Waals surface area contributed by atoms with Crippen molar-refractivity contribution in [1.29, 1.82) is 0 Å². The van der Waals surface area contributed by atoms with Gasteiger partial charge in [0.15, 0.2) is 6.61 Å². The lowest BCUT2D eigenvalue weighted by molar-refractivity contribution is -0.132. The highest BCUT2D eigenvalue weighted by Crippen LogP contribution is 2.15. The van der Waals surface area contributed by atoms with Crippen LogP contribution in [0.2, 0.25) is 0 Å². The summed E-state index contributed by atoms with van der Waals surface area (Å²) in [5.74, 6) is -0.107. The summed E-state index contributed by atoms with van der Waals surface area (Å²) < 4.78 is 10.1. The summed E-state index contributed by atoms with van der Waals surface area (Å²) in [6, 6.07) is 10.5. The molecule has 5 nitrogen and oxygen atoms in total. The fraction of sp³-hybridized carbons (Fsp3) is 0.250. The molecule has 0 aliphatic heterocycles. The van der Waals surface area contributed by atoms with Gasteiger partial charge in [-0.15, -0.1) is 11.3 Å². The lowest BCUT2D eigenvalue weighted by atomic mass is 10.2. The van der Waals surface area contributed by atoms with Gasteiger partial charge in [0.25, 0.3) is 5.91 Å². The predicted octanol–water partition coefficient (Wildman–Crippen LogP) is 2.57. The quantitative estimate of drug-likeness (QED) is 0.768. The summed E-state index contributed by atoms with van der Waals surface area (Å²) in [7, 11) is 3.05. The van der Waals surface area contributed by atoms with Crippen LogP contribution in [0.3, 0.4) is 0 Å². The highest BCUT2D eigenvalue weighted by Gasteiger charge is 2.12. The maximum Gasteiger partial charge on any atom is 0.337 e. The third kappa shape index (κ3) is 4.33. The van der Waals surface area contributed by atoms with E-state index in [1.807, 2.05) is 17.5 Å². The summed E-state index contributed by atoms with van der Waals surface area (Å²) in [5, 5.41) is 1.97.